The number of hydrogen-bond donors (Lipinski definition) is 1. The number of rotatable bonds is 10. The van der Waals surface area contributed by atoms with E-state index >= 15 is 0 Å². The maximum Gasteiger partial charge on any atom is 0.0466 e. The zero-order chi connectivity index (χ0) is 14.2. The Hall–Kier alpha value is -0.570. The van der Waals surface area contributed by atoms with Crippen LogP contribution >= 0.6 is 11.6 Å². The van der Waals surface area contributed by atoms with Crippen molar-refractivity contribution in [3.05, 3.63) is 34.9 Å². The molecule has 2 rings (SSSR count). The summed E-state index contributed by atoms with van der Waals surface area (Å²) in [4.78, 5) is 0. The molecule has 1 atom stereocenters. The minimum absolute atomic E-state index is 0.692. The van der Waals surface area contributed by atoms with Crippen LogP contribution in [0.1, 0.15) is 38.2 Å². The smallest absolute Gasteiger partial charge is 0.0466 e. The zero-order valence-corrected chi connectivity index (χ0v) is 13.2. The largest absolute Gasteiger partial charge is 0.382 e. The molecule has 0 bridgehead atoms. The fourth-order valence-corrected chi connectivity index (χ4v) is 2.60. The first kappa shape index (κ1) is 15.8. The highest BCUT2D eigenvalue weighted by Gasteiger charge is 2.21. The van der Waals surface area contributed by atoms with Crippen molar-refractivity contribution in [2.45, 2.75) is 45.1 Å². The molecule has 0 amide bonds. The molecule has 0 radical (unpaired) electrons. The third-order valence-corrected chi connectivity index (χ3v) is 4.07. The summed E-state index contributed by atoms with van der Waals surface area (Å²) in [7, 11) is 0. The van der Waals surface area contributed by atoms with Gasteiger partial charge in [-0.1, -0.05) is 23.7 Å². The Morgan fingerprint density at radius 1 is 1.30 bits per heavy atom. The third-order valence-electron chi connectivity index (χ3n) is 3.82. The van der Waals surface area contributed by atoms with E-state index in [0.29, 0.717) is 5.92 Å². The van der Waals surface area contributed by atoms with Gasteiger partial charge in [-0.3, -0.25) is 0 Å². The van der Waals surface area contributed by atoms with Crippen LogP contribution in [0.3, 0.4) is 0 Å². The van der Waals surface area contributed by atoms with Gasteiger partial charge in [-0.05, 0) is 69.2 Å². The average Bonchev–Trinajstić information content (AvgIpc) is 3.27. The number of halogens is 1. The van der Waals surface area contributed by atoms with Crippen LogP contribution in [0.25, 0.3) is 0 Å². The normalized spacial score (nSPS) is 16.3. The summed E-state index contributed by atoms with van der Waals surface area (Å²) in [5, 5.41) is 4.48. The summed E-state index contributed by atoms with van der Waals surface area (Å²) >= 11 is 5.95. The van der Waals surface area contributed by atoms with Crippen LogP contribution in [-0.2, 0) is 11.2 Å². The molecule has 1 aromatic rings. The fraction of sp³-hybridized carbons (Fsp3) is 0.647. The van der Waals surface area contributed by atoms with Gasteiger partial charge in [0.15, 0.2) is 0 Å². The fourth-order valence-electron chi connectivity index (χ4n) is 2.47. The molecule has 20 heavy (non-hydrogen) atoms. The van der Waals surface area contributed by atoms with E-state index in [2.05, 4.69) is 24.4 Å². The molecule has 3 heteroatoms. The van der Waals surface area contributed by atoms with Gasteiger partial charge in [0.25, 0.3) is 0 Å². The predicted molar refractivity (Wildman–Crippen MR) is 85.4 cm³/mol. The summed E-state index contributed by atoms with van der Waals surface area (Å²) in [6, 6.07) is 9.06. The number of hydrogen-bond acceptors (Lipinski definition) is 2. The van der Waals surface area contributed by atoms with Gasteiger partial charge in [0.05, 0.1) is 0 Å². The van der Waals surface area contributed by atoms with Crippen molar-refractivity contribution in [2.24, 2.45) is 5.92 Å². The Bertz CT molecular complexity index is 375. The second kappa shape index (κ2) is 8.66. The maximum atomic E-state index is 5.95. The molecule has 2 nitrogen and oxygen atoms in total. The molecule has 1 saturated carbocycles. The predicted octanol–water partition coefficient (Wildman–Crippen LogP) is 4.07. The molecule has 112 valence electrons. The Kier molecular flexibility index (Phi) is 6.85. The van der Waals surface area contributed by atoms with Gasteiger partial charge in [0.1, 0.15) is 0 Å². The molecule has 1 unspecified atom stereocenters. The first-order valence-corrected chi connectivity index (χ1v) is 8.21. The molecule has 1 aliphatic carbocycles. The van der Waals surface area contributed by atoms with Crippen LogP contribution in [0.2, 0.25) is 5.02 Å². The lowest BCUT2D eigenvalue weighted by atomic mass is 9.94. The third kappa shape index (κ3) is 6.25. The number of ether oxygens (including phenoxy) is 1. The summed E-state index contributed by atoms with van der Waals surface area (Å²) in [6.07, 6.45) is 6.21. The standard InChI is InChI=1S/C17H26ClNO/c1-2-20-11-3-4-15(13-19-17-9-10-17)12-14-5-7-16(18)8-6-14/h5-8,15,17,19H,2-4,9-13H2,1H3. The number of nitrogens with one attached hydrogen (secondary N) is 1. The molecular weight excluding hydrogens is 270 g/mol. The van der Waals surface area contributed by atoms with Crippen molar-refractivity contribution in [1.82, 2.24) is 5.32 Å². The van der Waals surface area contributed by atoms with Gasteiger partial charge in [-0.15, -0.1) is 0 Å². The molecular formula is C17H26ClNO. The van der Waals surface area contributed by atoms with Crippen molar-refractivity contribution >= 4 is 11.6 Å². The molecule has 1 aliphatic rings. The Morgan fingerprint density at radius 3 is 2.70 bits per heavy atom. The lowest BCUT2D eigenvalue weighted by Crippen LogP contribution is -2.26. The summed E-state index contributed by atoms with van der Waals surface area (Å²) in [6.45, 7) is 4.89. The highest BCUT2D eigenvalue weighted by molar-refractivity contribution is 6.30. The Balaban J connectivity index is 1.78. The maximum absolute atomic E-state index is 5.95. The monoisotopic (exact) mass is 295 g/mol. The Labute approximate surface area is 127 Å². The summed E-state index contributed by atoms with van der Waals surface area (Å²) in [5.41, 5.74) is 1.38. The van der Waals surface area contributed by atoms with Gasteiger partial charge in [-0.25, -0.2) is 0 Å². The van der Waals surface area contributed by atoms with Crippen LogP contribution in [0.15, 0.2) is 24.3 Å². The van der Waals surface area contributed by atoms with E-state index in [0.717, 1.165) is 43.7 Å². The van der Waals surface area contributed by atoms with Crippen molar-refractivity contribution in [2.75, 3.05) is 19.8 Å². The molecule has 0 spiro atoms. The molecule has 1 aromatic carbocycles. The minimum Gasteiger partial charge on any atom is -0.382 e. The van der Waals surface area contributed by atoms with Crippen LogP contribution in [0.4, 0.5) is 0 Å². The van der Waals surface area contributed by atoms with E-state index in [1.807, 2.05) is 12.1 Å². The van der Waals surface area contributed by atoms with E-state index in [9.17, 15) is 0 Å². The zero-order valence-electron chi connectivity index (χ0n) is 12.4. The number of benzene rings is 1. The van der Waals surface area contributed by atoms with E-state index in [-0.39, 0.29) is 0 Å². The molecule has 0 saturated heterocycles. The summed E-state index contributed by atoms with van der Waals surface area (Å²) < 4.78 is 5.45. The van der Waals surface area contributed by atoms with E-state index < -0.39 is 0 Å². The van der Waals surface area contributed by atoms with Gasteiger partial charge >= 0.3 is 0 Å². The highest BCUT2D eigenvalue weighted by atomic mass is 35.5. The van der Waals surface area contributed by atoms with Crippen molar-refractivity contribution < 1.29 is 4.74 Å². The topological polar surface area (TPSA) is 21.3 Å². The van der Waals surface area contributed by atoms with Crippen molar-refractivity contribution in [1.29, 1.82) is 0 Å². The SMILES string of the molecule is CCOCCCC(CNC1CC1)Cc1ccc(Cl)cc1. The van der Waals surface area contributed by atoms with Gasteiger partial charge in [0.2, 0.25) is 0 Å². The van der Waals surface area contributed by atoms with Crippen LogP contribution in [0, 0.1) is 5.92 Å². The lowest BCUT2D eigenvalue weighted by Gasteiger charge is -2.18. The second-order valence-electron chi connectivity index (χ2n) is 5.72. The molecule has 0 heterocycles. The molecule has 1 fully saturated rings. The van der Waals surface area contributed by atoms with E-state index in [4.69, 9.17) is 16.3 Å². The molecule has 0 aromatic heterocycles. The Morgan fingerprint density at radius 2 is 2.05 bits per heavy atom. The van der Waals surface area contributed by atoms with E-state index in [1.165, 1.54) is 24.8 Å². The lowest BCUT2D eigenvalue weighted by molar-refractivity contribution is 0.139. The van der Waals surface area contributed by atoms with Gasteiger partial charge < -0.3 is 10.1 Å². The summed E-state index contributed by atoms with van der Waals surface area (Å²) in [5.74, 6) is 0.692. The van der Waals surface area contributed by atoms with Crippen molar-refractivity contribution in [3.8, 4) is 0 Å². The van der Waals surface area contributed by atoms with Gasteiger partial charge in [-0.2, -0.15) is 0 Å². The molecule has 0 aliphatic heterocycles. The van der Waals surface area contributed by atoms with Crippen LogP contribution in [-0.4, -0.2) is 25.8 Å². The average molecular weight is 296 g/mol. The highest BCUT2D eigenvalue weighted by Crippen LogP contribution is 2.21. The van der Waals surface area contributed by atoms with Crippen LogP contribution in [0.5, 0.6) is 0 Å². The first-order chi connectivity index (χ1) is 9.78. The van der Waals surface area contributed by atoms with Crippen molar-refractivity contribution in [3.63, 3.8) is 0 Å². The van der Waals surface area contributed by atoms with Gasteiger partial charge in [0, 0.05) is 24.3 Å². The molecule has 1 N–H and O–H groups in total. The first-order valence-electron chi connectivity index (χ1n) is 7.83. The van der Waals surface area contributed by atoms with Crippen LogP contribution < -0.4 is 5.32 Å². The minimum atomic E-state index is 0.692. The quantitative estimate of drug-likeness (QED) is 0.657. The van der Waals surface area contributed by atoms with E-state index in [1.54, 1.807) is 0 Å². The second-order valence-corrected chi connectivity index (χ2v) is 6.15.